The molecule has 1 atom stereocenters. The molecule has 0 aromatic heterocycles. The average molecular weight is 194 g/mol. The first-order valence-corrected chi connectivity index (χ1v) is 5.56. The molecule has 1 saturated carbocycles. The van der Waals surface area contributed by atoms with Gasteiger partial charge in [-0.05, 0) is 30.9 Å². The molecule has 0 bridgehead atoms. The van der Waals surface area contributed by atoms with Gasteiger partial charge in [0, 0.05) is 0 Å². The Morgan fingerprint density at radius 2 is 2.14 bits per heavy atom. The first-order chi connectivity index (χ1) is 6.90. The molecule has 2 nitrogen and oxygen atoms in total. The van der Waals surface area contributed by atoms with Crippen LogP contribution in [-0.2, 0) is 4.74 Å². The van der Waals surface area contributed by atoms with Gasteiger partial charge in [-0.3, -0.25) is 0 Å². The summed E-state index contributed by atoms with van der Waals surface area (Å²) in [4.78, 5) is 0. The van der Waals surface area contributed by atoms with E-state index in [0.29, 0.717) is 5.92 Å². The van der Waals surface area contributed by atoms with Crippen LogP contribution >= 0.6 is 0 Å². The van der Waals surface area contributed by atoms with E-state index in [1.165, 1.54) is 32.1 Å². The molecule has 1 fully saturated rings. The maximum absolute atomic E-state index is 9.09. The van der Waals surface area contributed by atoms with Crippen LogP contribution in [0.5, 0.6) is 0 Å². The number of aliphatic hydroxyl groups excluding tert-OH is 1. The average Bonchev–Trinajstić information content (AvgIpc) is 2.67. The van der Waals surface area contributed by atoms with Crippen LogP contribution in [0.2, 0.25) is 0 Å². The Morgan fingerprint density at radius 1 is 1.36 bits per heavy atom. The highest BCUT2D eigenvalue weighted by Crippen LogP contribution is 2.29. The van der Waals surface area contributed by atoms with Gasteiger partial charge in [0.25, 0.3) is 0 Å². The van der Waals surface area contributed by atoms with E-state index >= 15 is 0 Å². The summed E-state index contributed by atoms with van der Waals surface area (Å²) in [6, 6.07) is 0. The van der Waals surface area contributed by atoms with Crippen molar-refractivity contribution in [3.63, 3.8) is 0 Å². The molecule has 2 aliphatic rings. The lowest BCUT2D eigenvalue weighted by Gasteiger charge is -2.19. The van der Waals surface area contributed by atoms with Crippen molar-refractivity contribution in [3.05, 3.63) is 24.2 Å². The highest BCUT2D eigenvalue weighted by molar-refractivity contribution is 5.14. The van der Waals surface area contributed by atoms with Crippen LogP contribution in [0.4, 0.5) is 0 Å². The number of rotatable bonds is 2. The van der Waals surface area contributed by atoms with Crippen molar-refractivity contribution >= 4 is 0 Å². The Balaban J connectivity index is 1.95. The second-order valence-electron chi connectivity index (χ2n) is 4.20. The first kappa shape index (κ1) is 9.78. The maximum atomic E-state index is 9.09. The van der Waals surface area contributed by atoms with Crippen LogP contribution in [0, 0.1) is 11.8 Å². The van der Waals surface area contributed by atoms with Gasteiger partial charge in [-0.2, -0.15) is 0 Å². The summed E-state index contributed by atoms with van der Waals surface area (Å²) in [6.07, 6.45) is 12.5. The maximum Gasteiger partial charge on any atom is 0.109 e. The summed E-state index contributed by atoms with van der Waals surface area (Å²) in [5, 5.41) is 9.09. The molecule has 2 heteroatoms. The molecule has 0 saturated heterocycles. The minimum atomic E-state index is 0.108. The molecule has 0 aromatic rings. The standard InChI is InChI=1S/C12H18O2/c13-9-11-6-7-14-12(11)8-10-4-2-1-3-5-10/h6-8,10-11,13H,1-5,9H2/b12-8-. The van der Waals surface area contributed by atoms with Crippen LogP contribution in [0.15, 0.2) is 24.2 Å². The summed E-state index contributed by atoms with van der Waals surface area (Å²) < 4.78 is 5.38. The third-order valence-corrected chi connectivity index (χ3v) is 3.13. The first-order valence-electron chi connectivity index (χ1n) is 5.56. The Hall–Kier alpha value is -0.760. The van der Waals surface area contributed by atoms with E-state index in [1.807, 2.05) is 6.08 Å². The number of hydrogen-bond acceptors (Lipinski definition) is 2. The van der Waals surface area contributed by atoms with Gasteiger partial charge in [-0.1, -0.05) is 19.3 Å². The third kappa shape index (κ3) is 2.18. The zero-order valence-corrected chi connectivity index (χ0v) is 8.48. The Bertz CT molecular complexity index is 237. The molecule has 0 radical (unpaired) electrons. The zero-order chi connectivity index (χ0) is 9.80. The molecule has 0 amide bonds. The molecular weight excluding hydrogens is 176 g/mol. The van der Waals surface area contributed by atoms with Crippen molar-refractivity contribution in [1.82, 2.24) is 0 Å². The zero-order valence-electron chi connectivity index (χ0n) is 8.48. The van der Waals surface area contributed by atoms with Gasteiger partial charge in [0.2, 0.25) is 0 Å². The Kier molecular flexibility index (Phi) is 3.25. The second kappa shape index (κ2) is 4.65. The summed E-state index contributed by atoms with van der Waals surface area (Å²) in [5.74, 6) is 1.74. The molecule has 1 aliphatic heterocycles. The van der Waals surface area contributed by atoms with Crippen molar-refractivity contribution in [2.75, 3.05) is 6.61 Å². The largest absolute Gasteiger partial charge is 0.469 e. The van der Waals surface area contributed by atoms with E-state index < -0.39 is 0 Å². The van der Waals surface area contributed by atoms with E-state index in [4.69, 9.17) is 9.84 Å². The van der Waals surface area contributed by atoms with Gasteiger partial charge in [-0.15, -0.1) is 0 Å². The van der Waals surface area contributed by atoms with Gasteiger partial charge < -0.3 is 9.84 Å². The number of aliphatic hydroxyl groups is 1. The number of ether oxygens (including phenoxy) is 1. The van der Waals surface area contributed by atoms with Crippen LogP contribution in [0.3, 0.4) is 0 Å². The van der Waals surface area contributed by atoms with Gasteiger partial charge >= 0.3 is 0 Å². The highest BCUT2D eigenvalue weighted by atomic mass is 16.5. The van der Waals surface area contributed by atoms with Crippen LogP contribution < -0.4 is 0 Å². The lowest BCUT2D eigenvalue weighted by Crippen LogP contribution is -2.08. The normalized spacial score (nSPS) is 30.9. The number of hydrogen-bond donors (Lipinski definition) is 1. The van der Waals surface area contributed by atoms with Gasteiger partial charge in [0.05, 0.1) is 18.8 Å². The summed E-state index contributed by atoms with van der Waals surface area (Å²) in [6.45, 7) is 0.162. The van der Waals surface area contributed by atoms with Crippen LogP contribution in [0.1, 0.15) is 32.1 Å². The van der Waals surface area contributed by atoms with Gasteiger partial charge in [0.15, 0.2) is 0 Å². The minimum Gasteiger partial charge on any atom is -0.469 e. The predicted octanol–water partition coefficient (Wildman–Crippen LogP) is 2.60. The molecule has 0 aromatic carbocycles. The fourth-order valence-corrected chi connectivity index (χ4v) is 2.24. The lowest BCUT2D eigenvalue weighted by molar-refractivity contribution is 0.236. The second-order valence-corrected chi connectivity index (χ2v) is 4.20. The highest BCUT2D eigenvalue weighted by Gasteiger charge is 2.19. The lowest BCUT2D eigenvalue weighted by atomic mass is 9.88. The fourth-order valence-electron chi connectivity index (χ4n) is 2.24. The van der Waals surface area contributed by atoms with E-state index in [9.17, 15) is 0 Å². The summed E-state index contributed by atoms with van der Waals surface area (Å²) in [7, 11) is 0. The molecule has 0 spiro atoms. The SMILES string of the molecule is OCC1C=CO/C1=C\C1CCCCC1. The quantitative estimate of drug-likeness (QED) is 0.732. The van der Waals surface area contributed by atoms with Crippen molar-refractivity contribution in [1.29, 1.82) is 0 Å². The Labute approximate surface area is 85.3 Å². The summed E-state index contributed by atoms with van der Waals surface area (Å²) in [5.41, 5.74) is 0. The van der Waals surface area contributed by atoms with Gasteiger partial charge in [-0.25, -0.2) is 0 Å². The predicted molar refractivity (Wildman–Crippen MR) is 55.5 cm³/mol. The summed E-state index contributed by atoms with van der Waals surface area (Å²) >= 11 is 0. The van der Waals surface area contributed by atoms with Crippen molar-refractivity contribution < 1.29 is 9.84 Å². The molecule has 1 aliphatic carbocycles. The van der Waals surface area contributed by atoms with E-state index in [1.54, 1.807) is 6.26 Å². The molecule has 14 heavy (non-hydrogen) atoms. The minimum absolute atomic E-state index is 0.108. The molecule has 2 rings (SSSR count). The fraction of sp³-hybridized carbons (Fsp3) is 0.667. The number of allylic oxidation sites excluding steroid dienone is 1. The molecular formula is C12H18O2. The molecule has 78 valence electrons. The van der Waals surface area contributed by atoms with E-state index in [0.717, 1.165) is 5.76 Å². The topological polar surface area (TPSA) is 29.5 Å². The smallest absolute Gasteiger partial charge is 0.109 e. The van der Waals surface area contributed by atoms with Gasteiger partial charge in [0.1, 0.15) is 5.76 Å². The van der Waals surface area contributed by atoms with Crippen LogP contribution in [0.25, 0.3) is 0 Å². The Morgan fingerprint density at radius 3 is 2.86 bits per heavy atom. The van der Waals surface area contributed by atoms with E-state index in [-0.39, 0.29) is 12.5 Å². The van der Waals surface area contributed by atoms with Crippen LogP contribution in [-0.4, -0.2) is 11.7 Å². The van der Waals surface area contributed by atoms with Crippen molar-refractivity contribution in [3.8, 4) is 0 Å². The molecule has 1 N–H and O–H groups in total. The van der Waals surface area contributed by atoms with Crippen molar-refractivity contribution in [2.24, 2.45) is 11.8 Å². The molecule has 1 unspecified atom stereocenters. The molecule has 1 heterocycles. The third-order valence-electron chi connectivity index (χ3n) is 3.13. The monoisotopic (exact) mass is 194 g/mol. The van der Waals surface area contributed by atoms with Crippen molar-refractivity contribution in [2.45, 2.75) is 32.1 Å². The van der Waals surface area contributed by atoms with E-state index in [2.05, 4.69) is 6.08 Å².